The fourth-order valence-corrected chi connectivity index (χ4v) is 2.94. The molecule has 2 amide bonds. The summed E-state index contributed by atoms with van der Waals surface area (Å²) in [5, 5.41) is 15.2. The van der Waals surface area contributed by atoms with Crippen LogP contribution in [0.2, 0.25) is 0 Å². The van der Waals surface area contributed by atoms with Crippen LogP contribution >= 0.6 is 0 Å². The van der Waals surface area contributed by atoms with E-state index in [1.165, 1.54) is 18.2 Å². The number of fused-ring (bicyclic) bond motifs is 1. The quantitative estimate of drug-likeness (QED) is 0.433. The van der Waals surface area contributed by atoms with Gasteiger partial charge in [0.1, 0.15) is 6.04 Å². The predicted octanol–water partition coefficient (Wildman–Crippen LogP) is 2.99. The van der Waals surface area contributed by atoms with Crippen LogP contribution in [-0.2, 0) is 22.3 Å². The zero-order valence-electron chi connectivity index (χ0n) is 16.2. The lowest BCUT2D eigenvalue weighted by atomic mass is 10.1. The summed E-state index contributed by atoms with van der Waals surface area (Å²) in [6, 6.07) is 10.7. The first kappa shape index (κ1) is 22.1. The van der Waals surface area contributed by atoms with Gasteiger partial charge in [-0.2, -0.15) is 13.2 Å². The Morgan fingerprint density at radius 1 is 1.10 bits per heavy atom. The molecule has 0 saturated heterocycles. The zero-order valence-corrected chi connectivity index (χ0v) is 16.2. The highest BCUT2D eigenvalue weighted by Gasteiger charge is 2.30. The number of amides is 2. The number of hydrogen-bond acceptors (Lipinski definition) is 3. The van der Waals surface area contributed by atoms with E-state index >= 15 is 0 Å². The number of carbonyl (C=O) groups excluding carboxylic acids is 2. The smallest absolute Gasteiger partial charge is 0.394 e. The van der Waals surface area contributed by atoms with Gasteiger partial charge in [-0.25, -0.2) is 0 Å². The van der Waals surface area contributed by atoms with Gasteiger partial charge in [-0.15, -0.1) is 0 Å². The highest BCUT2D eigenvalue weighted by molar-refractivity contribution is 5.98. The Hall–Kier alpha value is -3.59. The van der Waals surface area contributed by atoms with Crippen LogP contribution in [0.5, 0.6) is 0 Å². The number of nitrogens with one attached hydrogen (secondary N) is 3. The number of halogens is 3. The van der Waals surface area contributed by atoms with E-state index in [2.05, 4.69) is 15.6 Å². The van der Waals surface area contributed by atoms with E-state index in [4.69, 9.17) is 0 Å². The molecule has 0 fully saturated rings. The van der Waals surface area contributed by atoms with Crippen molar-refractivity contribution in [3.05, 3.63) is 77.5 Å². The molecule has 0 aliphatic rings. The van der Waals surface area contributed by atoms with Crippen molar-refractivity contribution < 1.29 is 27.9 Å². The summed E-state index contributed by atoms with van der Waals surface area (Å²) in [4.78, 5) is 27.4. The average molecular weight is 431 g/mol. The minimum absolute atomic E-state index is 0.0471. The molecule has 4 N–H and O–H groups in total. The second kappa shape index (κ2) is 9.48. The van der Waals surface area contributed by atoms with Crippen molar-refractivity contribution in [2.75, 3.05) is 6.61 Å². The molecule has 6 nitrogen and oxygen atoms in total. The van der Waals surface area contributed by atoms with Crippen molar-refractivity contribution in [1.29, 1.82) is 0 Å². The predicted molar refractivity (Wildman–Crippen MR) is 110 cm³/mol. The monoisotopic (exact) mass is 431 g/mol. The Kier molecular flexibility index (Phi) is 6.76. The summed E-state index contributed by atoms with van der Waals surface area (Å²) >= 11 is 0. The number of carbonyl (C=O) groups is 2. The molecule has 31 heavy (non-hydrogen) atoms. The number of benzene rings is 2. The van der Waals surface area contributed by atoms with Crippen molar-refractivity contribution in [3.63, 3.8) is 0 Å². The molecule has 1 aromatic heterocycles. The molecule has 9 heteroatoms. The van der Waals surface area contributed by atoms with Gasteiger partial charge in [-0.3, -0.25) is 9.59 Å². The van der Waals surface area contributed by atoms with Crippen LogP contribution in [0, 0.1) is 0 Å². The van der Waals surface area contributed by atoms with Crippen LogP contribution in [0.1, 0.15) is 16.7 Å². The molecular weight excluding hydrogens is 411 g/mol. The maximum Gasteiger partial charge on any atom is 0.416 e. The van der Waals surface area contributed by atoms with Crippen molar-refractivity contribution in [3.8, 4) is 0 Å². The van der Waals surface area contributed by atoms with Crippen molar-refractivity contribution in [1.82, 2.24) is 15.6 Å². The van der Waals surface area contributed by atoms with Crippen LogP contribution in [0.4, 0.5) is 13.2 Å². The first-order chi connectivity index (χ1) is 14.8. The molecule has 162 valence electrons. The van der Waals surface area contributed by atoms with Crippen LogP contribution in [0.15, 0.2) is 60.8 Å². The third-order valence-corrected chi connectivity index (χ3v) is 4.60. The van der Waals surface area contributed by atoms with Crippen molar-refractivity contribution in [2.24, 2.45) is 0 Å². The summed E-state index contributed by atoms with van der Waals surface area (Å²) in [5.74, 6) is -1.23. The maximum atomic E-state index is 12.6. The van der Waals surface area contributed by atoms with E-state index < -0.39 is 36.2 Å². The Morgan fingerprint density at radius 2 is 1.81 bits per heavy atom. The number of hydrogen-bond donors (Lipinski definition) is 4. The van der Waals surface area contributed by atoms with Crippen molar-refractivity contribution in [2.45, 2.75) is 18.8 Å². The number of para-hydroxylation sites is 1. The highest BCUT2D eigenvalue weighted by Crippen LogP contribution is 2.29. The largest absolute Gasteiger partial charge is 0.416 e. The van der Waals surface area contributed by atoms with Gasteiger partial charge in [0.2, 0.25) is 11.8 Å². The van der Waals surface area contributed by atoms with Gasteiger partial charge < -0.3 is 20.7 Å². The van der Waals surface area contributed by atoms with Gasteiger partial charge in [-0.05, 0) is 35.4 Å². The fraction of sp³-hybridized carbons (Fsp3) is 0.182. The Labute approximate surface area is 175 Å². The number of aromatic amines is 1. The topological polar surface area (TPSA) is 94.2 Å². The molecule has 0 bridgehead atoms. The van der Waals surface area contributed by atoms with Gasteiger partial charge in [0.25, 0.3) is 0 Å². The first-order valence-corrected chi connectivity index (χ1v) is 9.37. The molecule has 3 rings (SSSR count). The number of aliphatic hydroxyl groups is 1. The van der Waals surface area contributed by atoms with Crippen molar-refractivity contribution >= 4 is 28.8 Å². The summed E-state index contributed by atoms with van der Waals surface area (Å²) in [6.07, 6.45) is 0.146. The third-order valence-electron chi connectivity index (χ3n) is 4.60. The van der Waals surface area contributed by atoms with Crippen LogP contribution in [0.25, 0.3) is 17.0 Å². The average Bonchev–Trinajstić information content (AvgIpc) is 3.17. The standard InChI is InChI=1S/C22H20F3N3O3/c23-22(24,25)16-8-5-14(6-9-16)11-27-21(31)19(13-29)28-20(30)10-7-15-12-26-18-4-2-1-3-17(15)18/h1-10,12,19,26,29H,11,13H2,(H,27,31)(H,28,30). The summed E-state index contributed by atoms with van der Waals surface area (Å²) < 4.78 is 37.8. The molecule has 1 atom stereocenters. The van der Waals surface area contributed by atoms with E-state index in [-0.39, 0.29) is 6.54 Å². The zero-order chi connectivity index (χ0) is 22.4. The molecule has 0 spiro atoms. The fourth-order valence-electron chi connectivity index (χ4n) is 2.94. The summed E-state index contributed by atoms with van der Waals surface area (Å²) in [5.41, 5.74) is 1.37. The molecule has 2 aromatic carbocycles. The van der Waals surface area contributed by atoms with E-state index in [1.807, 2.05) is 24.3 Å². The lowest BCUT2D eigenvalue weighted by Gasteiger charge is -2.15. The highest BCUT2D eigenvalue weighted by atomic mass is 19.4. The minimum atomic E-state index is -4.44. The number of H-pyrrole nitrogens is 1. The number of aliphatic hydroxyl groups excluding tert-OH is 1. The Bertz CT molecular complexity index is 1090. The SMILES string of the molecule is O=C(C=Cc1c[nH]c2ccccc12)NC(CO)C(=O)NCc1ccc(C(F)(F)F)cc1. The van der Waals surface area contributed by atoms with Gasteiger partial charge in [0.15, 0.2) is 0 Å². The van der Waals surface area contributed by atoms with Gasteiger partial charge >= 0.3 is 6.18 Å². The number of aromatic nitrogens is 1. The Balaban J connectivity index is 1.55. The lowest BCUT2D eigenvalue weighted by Crippen LogP contribution is -2.48. The lowest BCUT2D eigenvalue weighted by molar-refractivity contribution is -0.137. The van der Waals surface area contributed by atoms with E-state index in [9.17, 15) is 27.9 Å². The molecule has 1 unspecified atom stereocenters. The van der Waals surface area contributed by atoms with E-state index in [1.54, 1.807) is 12.3 Å². The number of rotatable bonds is 7. The maximum absolute atomic E-state index is 12.6. The normalized spacial score (nSPS) is 12.8. The first-order valence-electron chi connectivity index (χ1n) is 9.37. The molecule has 3 aromatic rings. The van der Waals surface area contributed by atoms with Gasteiger partial charge in [0.05, 0.1) is 12.2 Å². The minimum Gasteiger partial charge on any atom is -0.394 e. The Morgan fingerprint density at radius 3 is 2.48 bits per heavy atom. The summed E-state index contributed by atoms with van der Waals surface area (Å²) in [7, 11) is 0. The van der Waals surface area contributed by atoms with Crippen LogP contribution in [0.3, 0.4) is 0 Å². The van der Waals surface area contributed by atoms with Crippen LogP contribution in [-0.4, -0.2) is 34.6 Å². The van der Waals surface area contributed by atoms with Gasteiger partial charge in [-0.1, -0.05) is 30.3 Å². The van der Waals surface area contributed by atoms with E-state index in [0.29, 0.717) is 5.56 Å². The molecule has 0 radical (unpaired) electrons. The third kappa shape index (κ3) is 5.73. The second-order valence-electron chi connectivity index (χ2n) is 6.78. The molecule has 1 heterocycles. The number of alkyl halides is 3. The molecule has 0 aliphatic heterocycles. The van der Waals surface area contributed by atoms with Crippen LogP contribution < -0.4 is 10.6 Å². The van der Waals surface area contributed by atoms with Gasteiger partial charge in [0, 0.05) is 29.7 Å². The van der Waals surface area contributed by atoms with E-state index in [0.717, 1.165) is 28.6 Å². The second-order valence-corrected chi connectivity index (χ2v) is 6.78. The molecular formula is C22H20F3N3O3. The molecule has 0 aliphatic carbocycles. The molecule has 0 saturated carbocycles. The summed E-state index contributed by atoms with van der Waals surface area (Å²) in [6.45, 7) is -0.681.